The minimum absolute atomic E-state index is 0.892. The van der Waals surface area contributed by atoms with E-state index < -0.39 is 0 Å². The van der Waals surface area contributed by atoms with E-state index in [1.807, 2.05) is 42.9 Å². The summed E-state index contributed by atoms with van der Waals surface area (Å²) in [6.07, 6.45) is 5.50. The third-order valence-electron chi connectivity index (χ3n) is 7.28. The van der Waals surface area contributed by atoms with Gasteiger partial charge in [0, 0.05) is 46.1 Å². The monoisotopic (exact) mass is 487 g/mol. The summed E-state index contributed by atoms with van der Waals surface area (Å²) >= 11 is 0. The molecular weight excluding hydrogens is 466 g/mol. The number of pyridine rings is 3. The van der Waals surface area contributed by atoms with Gasteiger partial charge < -0.3 is 0 Å². The number of nitrogens with zero attached hydrogens (tertiary/aromatic N) is 5. The maximum Gasteiger partial charge on any atom is 0.149 e. The zero-order valence-corrected chi connectivity index (χ0v) is 20.4. The molecule has 5 heterocycles. The highest BCUT2D eigenvalue weighted by molar-refractivity contribution is 6.15. The van der Waals surface area contributed by atoms with Crippen molar-refractivity contribution in [3.8, 4) is 22.5 Å². The smallest absolute Gasteiger partial charge is 0.149 e. The molecule has 0 atom stereocenters. The first kappa shape index (κ1) is 20.9. The lowest BCUT2D eigenvalue weighted by molar-refractivity contribution is 1.11. The van der Waals surface area contributed by atoms with Crippen LogP contribution in [-0.2, 0) is 0 Å². The standard InChI is InChI=1S/C33H21N5/c1-2-7-24(8-3-1)37-29-10-5-4-9-26(29)27-21-28-31-30(11-6-18-35-31)38(33(28)36-32(27)37)25-14-12-22(13-15-25)23-16-19-34-20-17-23/h1-21H. The maximum atomic E-state index is 5.36. The fourth-order valence-electron chi connectivity index (χ4n) is 5.56. The molecule has 0 saturated heterocycles. The molecule has 5 heteroatoms. The van der Waals surface area contributed by atoms with Crippen LogP contribution in [0.4, 0.5) is 0 Å². The summed E-state index contributed by atoms with van der Waals surface area (Å²) < 4.78 is 4.48. The lowest BCUT2D eigenvalue weighted by Crippen LogP contribution is -1.98. The Morgan fingerprint density at radius 1 is 0.474 bits per heavy atom. The molecule has 0 aliphatic heterocycles. The lowest BCUT2D eigenvalue weighted by atomic mass is 10.1. The van der Waals surface area contributed by atoms with Crippen molar-refractivity contribution in [2.45, 2.75) is 0 Å². The van der Waals surface area contributed by atoms with Crippen molar-refractivity contribution in [1.82, 2.24) is 24.1 Å². The molecule has 0 radical (unpaired) electrons. The van der Waals surface area contributed by atoms with E-state index in [2.05, 4.69) is 99.0 Å². The zero-order chi connectivity index (χ0) is 25.1. The summed E-state index contributed by atoms with van der Waals surface area (Å²) in [5.74, 6) is 0. The molecule has 3 aromatic carbocycles. The summed E-state index contributed by atoms with van der Waals surface area (Å²) in [6.45, 7) is 0. The molecule has 0 spiro atoms. The molecule has 0 fully saturated rings. The van der Waals surface area contributed by atoms with Crippen LogP contribution >= 0.6 is 0 Å². The molecule has 0 N–H and O–H groups in total. The highest BCUT2D eigenvalue weighted by Gasteiger charge is 2.20. The number of para-hydroxylation sites is 2. The lowest BCUT2D eigenvalue weighted by Gasteiger charge is -2.10. The van der Waals surface area contributed by atoms with Crippen molar-refractivity contribution in [3.05, 3.63) is 128 Å². The molecule has 0 saturated carbocycles. The maximum absolute atomic E-state index is 5.36. The molecule has 5 nitrogen and oxygen atoms in total. The zero-order valence-electron chi connectivity index (χ0n) is 20.4. The van der Waals surface area contributed by atoms with E-state index in [4.69, 9.17) is 9.97 Å². The first-order chi connectivity index (χ1) is 18.9. The van der Waals surface area contributed by atoms with E-state index in [1.165, 1.54) is 5.39 Å². The predicted octanol–water partition coefficient (Wildman–Crippen LogP) is 7.73. The van der Waals surface area contributed by atoms with Gasteiger partial charge in [-0.05, 0) is 71.8 Å². The molecule has 0 amide bonds. The Morgan fingerprint density at radius 3 is 1.97 bits per heavy atom. The molecule has 178 valence electrons. The van der Waals surface area contributed by atoms with Crippen LogP contribution < -0.4 is 0 Å². The van der Waals surface area contributed by atoms with Crippen LogP contribution in [0.3, 0.4) is 0 Å². The average Bonchev–Trinajstić information content (AvgIpc) is 3.49. The third kappa shape index (κ3) is 3.02. The number of fused-ring (bicyclic) bond motifs is 6. The molecule has 0 aliphatic rings. The van der Waals surface area contributed by atoms with Crippen LogP contribution in [-0.4, -0.2) is 24.1 Å². The SMILES string of the molecule is c1ccc(-n2c3ccccc3c3cc4c5ncccc5n(-c5ccc(-c6ccncc6)cc5)c4nc32)cc1. The molecule has 8 aromatic rings. The normalized spacial score (nSPS) is 11.7. The first-order valence-electron chi connectivity index (χ1n) is 12.6. The van der Waals surface area contributed by atoms with Gasteiger partial charge in [-0.1, -0.05) is 48.5 Å². The Labute approximate surface area is 218 Å². The van der Waals surface area contributed by atoms with Crippen molar-refractivity contribution in [2.24, 2.45) is 0 Å². The Hall–Kier alpha value is -5.29. The van der Waals surface area contributed by atoms with Crippen LogP contribution in [0.5, 0.6) is 0 Å². The van der Waals surface area contributed by atoms with Gasteiger partial charge in [0.2, 0.25) is 0 Å². The quantitative estimate of drug-likeness (QED) is 0.256. The first-order valence-corrected chi connectivity index (χ1v) is 12.6. The number of aromatic nitrogens is 5. The molecule has 0 unspecified atom stereocenters. The summed E-state index contributed by atoms with van der Waals surface area (Å²) in [4.78, 5) is 14.3. The van der Waals surface area contributed by atoms with Gasteiger partial charge in [0.15, 0.2) is 0 Å². The van der Waals surface area contributed by atoms with E-state index in [0.29, 0.717) is 0 Å². The van der Waals surface area contributed by atoms with Crippen molar-refractivity contribution in [2.75, 3.05) is 0 Å². The molecule has 0 aliphatic carbocycles. The second-order valence-corrected chi connectivity index (χ2v) is 9.41. The van der Waals surface area contributed by atoms with Crippen molar-refractivity contribution < 1.29 is 0 Å². The Morgan fingerprint density at radius 2 is 1.13 bits per heavy atom. The van der Waals surface area contributed by atoms with E-state index in [9.17, 15) is 0 Å². The molecule has 5 aromatic heterocycles. The fraction of sp³-hybridized carbons (Fsp3) is 0. The van der Waals surface area contributed by atoms with Crippen LogP contribution in [0.2, 0.25) is 0 Å². The van der Waals surface area contributed by atoms with Gasteiger partial charge in [-0.3, -0.25) is 19.1 Å². The highest BCUT2D eigenvalue weighted by atomic mass is 15.1. The van der Waals surface area contributed by atoms with E-state index in [-0.39, 0.29) is 0 Å². The van der Waals surface area contributed by atoms with Crippen LogP contribution in [0.15, 0.2) is 128 Å². The number of rotatable bonds is 3. The molecular formula is C33H21N5. The highest BCUT2D eigenvalue weighted by Crippen LogP contribution is 2.37. The van der Waals surface area contributed by atoms with E-state index in [0.717, 1.165) is 61.1 Å². The second-order valence-electron chi connectivity index (χ2n) is 9.41. The van der Waals surface area contributed by atoms with Gasteiger partial charge in [0.25, 0.3) is 0 Å². The van der Waals surface area contributed by atoms with E-state index in [1.54, 1.807) is 0 Å². The van der Waals surface area contributed by atoms with Gasteiger partial charge in [0.05, 0.1) is 16.6 Å². The summed E-state index contributed by atoms with van der Waals surface area (Å²) in [7, 11) is 0. The largest absolute Gasteiger partial charge is 0.294 e. The van der Waals surface area contributed by atoms with Gasteiger partial charge in [0.1, 0.15) is 11.3 Å². The van der Waals surface area contributed by atoms with Crippen LogP contribution in [0.25, 0.3) is 66.5 Å². The molecule has 0 bridgehead atoms. The van der Waals surface area contributed by atoms with Gasteiger partial charge in [-0.25, -0.2) is 4.98 Å². The van der Waals surface area contributed by atoms with E-state index >= 15 is 0 Å². The topological polar surface area (TPSA) is 48.5 Å². The van der Waals surface area contributed by atoms with Crippen molar-refractivity contribution in [3.63, 3.8) is 0 Å². The van der Waals surface area contributed by atoms with Gasteiger partial charge in [-0.2, -0.15) is 0 Å². The van der Waals surface area contributed by atoms with Crippen LogP contribution in [0.1, 0.15) is 0 Å². The third-order valence-corrected chi connectivity index (χ3v) is 7.28. The number of hydrogen-bond acceptors (Lipinski definition) is 3. The summed E-state index contributed by atoms with van der Waals surface area (Å²) in [6, 6.07) is 38.0. The predicted molar refractivity (Wildman–Crippen MR) is 154 cm³/mol. The summed E-state index contributed by atoms with van der Waals surface area (Å²) in [5.41, 5.74) is 9.38. The number of benzene rings is 3. The Bertz CT molecular complexity index is 2110. The molecule has 38 heavy (non-hydrogen) atoms. The second kappa shape index (κ2) is 8.11. The Kier molecular flexibility index (Phi) is 4.45. The van der Waals surface area contributed by atoms with Crippen LogP contribution in [0, 0.1) is 0 Å². The number of hydrogen-bond donors (Lipinski definition) is 0. The molecule has 8 rings (SSSR count). The van der Waals surface area contributed by atoms with Crippen molar-refractivity contribution >= 4 is 44.0 Å². The minimum Gasteiger partial charge on any atom is -0.294 e. The van der Waals surface area contributed by atoms with Gasteiger partial charge in [-0.15, -0.1) is 0 Å². The fourth-order valence-corrected chi connectivity index (χ4v) is 5.56. The Balaban J connectivity index is 1.45. The average molecular weight is 488 g/mol. The van der Waals surface area contributed by atoms with Gasteiger partial charge >= 0.3 is 0 Å². The van der Waals surface area contributed by atoms with Crippen molar-refractivity contribution in [1.29, 1.82) is 0 Å². The summed E-state index contributed by atoms with van der Waals surface area (Å²) in [5, 5.41) is 3.34. The minimum atomic E-state index is 0.892.